The fraction of sp³-hybridized carbons (Fsp3) is 0.875. The van der Waals surface area contributed by atoms with Crippen LogP contribution >= 0.6 is 0 Å². The smallest absolute Gasteiger partial charge is 0.149 e. The number of Topliss-reactive ketones (excluding diaryl/α,β-unsaturated/α-hetero) is 1. The minimum Gasteiger partial charge on any atom is -0.298 e. The van der Waals surface area contributed by atoms with E-state index in [-0.39, 0.29) is 5.78 Å². The summed E-state index contributed by atoms with van der Waals surface area (Å²) in [5.41, 5.74) is -0.536. The molecule has 0 aromatic carbocycles. The molecule has 66 valence electrons. The SMILES string of the molecule is CC(=O)C(C)(C)N(C)CCF. The molecule has 3 heteroatoms. The van der Waals surface area contributed by atoms with E-state index < -0.39 is 12.2 Å². The Morgan fingerprint density at radius 2 is 2.00 bits per heavy atom. The topological polar surface area (TPSA) is 20.3 Å². The number of hydrogen-bond donors (Lipinski definition) is 0. The van der Waals surface area contributed by atoms with Crippen molar-refractivity contribution in [2.24, 2.45) is 0 Å². The number of carbonyl (C=O) groups excluding carboxylic acids is 1. The van der Waals surface area contributed by atoms with Gasteiger partial charge in [0.1, 0.15) is 12.5 Å². The van der Waals surface area contributed by atoms with E-state index >= 15 is 0 Å². The molecule has 11 heavy (non-hydrogen) atoms. The molecule has 0 spiro atoms. The third-order valence-corrected chi connectivity index (χ3v) is 2.24. The predicted octanol–water partition coefficient (Wildman–Crippen LogP) is 1.26. The highest BCUT2D eigenvalue weighted by Crippen LogP contribution is 2.12. The molecule has 0 atom stereocenters. The number of halogens is 1. The molecular weight excluding hydrogens is 145 g/mol. The van der Waals surface area contributed by atoms with Gasteiger partial charge in [-0.15, -0.1) is 0 Å². The van der Waals surface area contributed by atoms with Gasteiger partial charge in [-0.1, -0.05) is 0 Å². The van der Waals surface area contributed by atoms with E-state index in [9.17, 15) is 9.18 Å². The Morgan fingerprint density at radius 1 is 1.55 bits per heavy atom. The third-order valence-electron chi connectivity index (χ3n) is 2.24. The van der Waals surface area contributed by atoms with Gasteiger partial charge < -0.3 is 0 Å². The molecule has 0 aliphatic heterocycles. The van der Waals surface area contributed by atoms with E-state index in [2.05, 4.69) is 0 Å². The molecular formula is C8H16FNO. The standard InChI is InChI=1S/C8H16FNO/c1-7(11)8(2,3)10(4)6-5-9/h5-6H2,1-4H3. The molecule has 0 aromatic heterocycles. The van der Waals surface area contributed by atoms with E-state index in [1.165, 1.54) is 6.92 Å². The summed E-state index contributed by atoms with van der Waals surface area (Å²) in [7, 11) is 1.75. The van der Waals surface area contributed by atoms with Crippen molar-refractivity contribution in [3.05, 3.63) is 0 Å². The van der Waals surface area contributed by atoms with E-state index in [1.807, 2.05) is 0 Å². The zero-order valence-corrected chi connectivity index (χ0v) is 7.65. The van der Waals surface area contributed by atoms with Crippen LogP contribution in [0.1, 0.15) is 20.8 Å². The summed E-state index contributed by atoms with van der Waals surface area (Å²) in [5, 5.41) is 0. The van der Waals surface area contributed by atoms with Gasteiger partial charge in [-0.2, -0.15) is 0 Å². The maximum atomic E-state index is 11.9. The largest absolute Gasteiger partial charge is 0.298 e. The van der Waals surface area contributed by atoms with Gasteiger partial charge in [0.2, 0.25) is 0 Å². The minimum absolute atomic E-state index is 0.0634. The number of alkyl halides is 1. The molecule has 0 rings (SSSR count). The highest BCUT2D eigenvalue weighted by molar-refractivity contribution is 5.85. The molecule has 0 aromatic rings. The normalized spacial score (nSPS) is 12.2. The van der Waals surface area contributed by atoms with Crippen molar-refractivity contribution >= 4 is 5.78 Å². The fourth-order valence-corrected chi connectivity index (χ4v) is 0.675. The zero-order chi connectivity index (χ0) is 9.07. The summed E-state index contributed by atoms with van der Waals surface area (Å²) in [5.74, 6) is 0.0634. The van der Waals surface area contributed by atoms with E-state index in [0.29, 0.717) is 6.54 Å². The first-order valence-corrected chi connectivity index (χ1v) is 3.71. The molecule has 0 bridgehead atoms. The van der Waals surface area contributed by atoms with Crippen LogP contribution in [0.2, 0.25) is 0 Å². The van der Waals surface area contributed by atoms with Crippen molar-refractivity contribution < 1.29 is 9.18 Å². The second-order valence-electron chi connectivity index (χ2n) is 3.23. The Bertz CT molecular complexity index is 145. The van der Waals surface area contributed by atoms with Crippen molar-refractivity contribution in [1.82, 2.24) is 4.90 Å². The molecule has 2 nitrogen and oxygen atoms in total. The van der Waals surface area contributed by atoms with Gasteiger partial charge in [-0.05, 0) is 27.8 Å². The third kappa shape index (κ3) is 2.58. The molecule has 0 saturated carbocycles. The Morgan fingerprint density at radius 3 is 2.27 bits per heavy atom. The van der Waals surface area contributed by atoms with Crippen LogP contribution < -0.4 is 0 Å². The number of carbonyl (C=O) groups is 1. The van der Waals surface area contributed by atoms with Crippen LogP contribution in [0.3, 0.4) is 0 Å². The summed E-state index contributed by atoms with van der Waals surface area (Å²) in [6.07, 6.45) is 0. The van der Waals surface area contributed by atoms with Gasteiger partial charge in [0, 0.05) is 6.54 Å². The summed E-state index contributed by atoms with van der Waals surface area (Å²) in [4.78, 5) is 12.7. The number of hydrogen-bond acceptors (Lipinski definition) is 2. The Labute approximate surface area is 67.4 Å². The lowest BCUT2D eigenvalue weighted by Crippen LogP contribution is -2.47. The Kier molecular flexibility index (Phi) is 3.66. The molecule has 0 radical (unpaired) electrons. The number of ketones is 1. The number of likely N-dealkylation sites (N-methyl/N-ethyl adjacent to an activating group) is 1. The lowest BCUT2D eigenvalue weighted by atomic mass is 9.99. The quantitative estimate of drug-likeness (QED) is 0.618. The van der Waals surface area contributed by atoms with Crippen LogP contribution in [0, 0.1) is 0 Å². The second-order valence-corrected chi connectivity index (χ2v) is 3.23. The Hall–Kier alpha value is -0.440. The lowest BCUT2D eigenvalue weighted by molar-refractivity contribution is -0.126. The molecule has 0 unspecified atom stereocenters. The van der Waals surface area contributed by atoms with Crippen LogP contribution in [-0.4, -0.2) is 36.5 Å². The maximum absolute atomic E-state index is 11.9. The second kappa shape index (κ2) is 3.81. The first kappa shape index (κ1) is 10.6. The summed E-state index contributed by atoms with van der Waals surface area (Å²) < 4.78 is 11.9. The molecule has 0 aliphatic rings. The molecule has 0 N–H and O–H groups in total. The lowest BCUT2D eigenvalue weighted by Gasteiger charge is -2.32. The summed E-state index contributed by atoms with van der Waals surface area (Å²) in [6, 6.07) is 0. The van der Waals surface area contributed by atoms with Crippen molar-refractivity contribution in [1.29, 1.82) is 0 Å². The van der Waals surface area contributed by atoms with Gasteiger partial charge in [0.25, 0.3) is 0 Å². The highest BCUT2D eigenvalue weighted by Gasteiger charge is 2.27. The first-order valence-electron chi connectivity index (χ1n) is 3.71. The molecule has 0 aliphatic carbocycles. The minimum atomic E-state index is -0.536. The average molecular weight is 161 g/mol. The van der Waals surface area contributed by atoms with E-state index in [0.717, 1.165) is 0 Å². The molecule has 0 heterocycles. The van der Waals surface area contributed by atoms with Gasteiger partial charge in [-0.25, -0.2) is 4.39 Å². The highest BCUT2D eigenvalue weighted by atomic mass is 19.1. The fourth-order valence-electron chi connectivity index (χ4n) is 0.675. The van der Waals surface area contributed by atoms with Crippen LogP contribution in [0.4, 0.5) is 4.39 Å². The van der Waals surface area contributed by atoms with Crippen molar-refractivity contribution in [2.75, 3.05) is 20.3 Å². The van der Waals surface area contributed by atoms with E-state index in [4.69, 9.17) is 0 Å². The number of nitrogens with zero attached hydrogens (tertiary/aromatic N) is 1. The maximum Gasteiger partial charge on any atom is 0.149 e. The molecule has 0 amide bonds. The first-order chi connectivity index (χ1) is 4.92. The van der Waals surface area contributed by atoms with Gasteiger partial charge in [-0.3, -0.25) is 9.69 Å². The average Bonchev–Trinajstić information content (AvgIpc) is 1.88. The van der Waals surface area contributed by atoms with Crippen molar-refractivity contribution in [2.45, 2.75) is 26.3 Å². The van der Waals surface area contributed by atoms with Crippen LogP contribution in [0.15, 0.2) is 0 Å². The summed E-state index contributed by atoms with van der Waals surface area (Å²) >= 11 is 0. The van der Waals surface area contributed by atoms with Crippen molar-refractivity contribution in [3.8, 4) is 0 Å². The van der Waals surface area contributed by atoms with Gasteiger partial charge in [0.15, 0.2) is 0 Å². The Balaban J connectivity index is 4.17. The number of rotatable bonds is 4. The molecule has 0 saturated heterocycles. The van der Waals surface area contributed by atoms with Crippen LogP contribution in [0.25, 0.3) is 0 Å². The van der Waals surface area contributed by atoms with Crippen molar-refractivity contribution in [3.63, 3.8) is 0 Å². The monoisotopic (exact) mass is 161 g/mol. The zero-order valence-electron chi connectivity index (χ0n) is 7.65. The van der Waals surface area contributed by atoms with E-state index in [1.54, 1.807) is 25.8 Å². The van der Waals surface area contributed by atoms with Crippen LogP contribution in [-0.2, 0) is 4.79 Å². The van der Waals surface area contributed by atoms with Crippen LogP contribution in [0.5, 0.6) is 0 Å². The van der Waals surface area contributed by atoms with Gasteiger partial charge in [0.05, 0.1) is 5.54 Å². The van der Waals surface area contributed by atoms with Gasteiger partial charge >= 0.3 is 0 Å². The molecule has 0 fully saturated rings. The predicted molar refractivity (Wildman–Crippen MR) is 43.4 cm³/mol. The summed E-state index contributed by atoms with van der Waals surface area (Å²) in [6.45, 7) is 5.02.